The maximum atomic E-state index is 12.6. The molecule has 0 aliphatic carbocycles. The van der Waals surface area contributed by atoms with Gasteiger partial charge in [0.25, 0.3) is 0 Å². The Labute approximate surface area is 145 Å². The number of rotatable bonds is 9. The molecule has 0 saturated carbocycles. The highest BCUT2D eigenvalue weighted by Crippen LogP contribution is 2.51. The van der Waals surface area contributed by atoms with Crippen LogP contribution in [0.15, 0.2) is 36.9 Å². The standard InChI is InChI=1S/C17H21O5PS/c1-4-9-20-17(18)16-11-14-10-13(7-8-15(14)24-16)12-23(19,21-5-2)22-6-3/h4,7-8,10-11H,1,5-6,9,12H2,2-3H3. The number of hydrogen-bond acceptors (Lipinski definition) is 6. The molecule has 0 atom stereocenters. The number of hydrogen-bond donors (Lipinski definition) is 0. The van der Waals surface area contributed by atoms with E-state index in [-0.39, 0.29) is 18.7 Å². The molecule has 5 nitrogen and oxygen atoms in total. The quantitative estimate of drug-likeness (QED) is 0.354. The highest BCUT2D eigenvalue weighted by molar-refractivity contribution is 7.53. The van der Waals surface area contributed by atoms with Gasteiger partial charge in [-0.25, -0.2) is 4.79 Å². The average molecular weight is 368 g/mol. The Morgan fingerprint density at radius 3 is 2.58 bits per heavy atom. The molecule has 0 spiro atoms. The lowest BCUT2D eigenvalue weighted by atomic mass is 10.2. The summed E-state index contributed by atoms with van der Waals surface area (Å²) in [5.41, 5.74) is 0.844. The fraction of sp³-hybridized carbons (Fsp3) is 0.353. The highest BCUT2D eigenvalue weighted by atomic mass is 32.1. The lowest BCUT2D eigenvalue weighted by molar-refractivity contribution is 0.0555. The van der Waals surface area contributed by atoms with E-state index in [1.54, 1.807) is 19.9 Å². The molecule has 24 heavy (non-hydrogen) atoms. The Morgan fingerprint density at radius 2 is 1.96 bits per heavy atom. The minimum atomic E-state index is -3.15. The topological polar surface area (TPSA) is 61.8 Å². The number of esters is 1. The van der Waals surface area contributed by atoms with Gasteiger partial charge in [0.2, 0.25) is 0 Å². The van der Waals surface area contributed by atoms with Crippen LogP contribution in [0.3, 0.4) is 0 Å². The van der Waals surface area contributed by atoms with Crippen molar-refractivity contribution in [3.63, 3.8) is 0 Å². The maximum Gasteiger partial charge on any atom is 0.348 e. The Kier molecular flexibility index (Phi) is 6.75. The van der Waals surface area contributed by atoms with Crippen LogP contribution in [0.2, 0.25) is 0 Å². The number of thiophene rings is 1. The molecule has 0 N–H and O–H groups in total. The van der Waals surface area contributed by atoms with Gasteiger partial charge in [-0.15, -0.1) is 11.3 Å². The first-order chi connectivity index (χ1) is 11.5. The monoisotopic (exact) mass is 368 g/mol. The summed E-state index contributed by atoms with van der Waals surface area (Å²) in [6, 6.07) is 7.46. The zero-order valence-corrected chi connectivity index (χ0v) is 15.5. The molecule has 0 saturated heterocycles. The molecule has 0 fully saturated rings. The van der Waals surface area contributed by atoms with Gasteiger partial charge in [-0.3, -0.25) is 4.57 Å². The van der Waals surface area contributed by atoms with Crippen molar-refractivity contribution in [2.24, 2.45) is 0 Å². The third kappa shape index (κ3) is 4.77. The third-order valence-electron chi connectivity index (χ3n) is 3.14. The summed E-state index contributed by atoms with van der Waals surface area (Å²) in [6.45, 7) is 7.94. The van der Waals surface area contributed by atoms with Gasteiger partial charge in [-0.1, -0.05) is 18.7 Å². The zero-order valence-electron chi connectivity index (χ0n) is 13.8. The maximum absolute atomic E-state index is 12.6. The second-order valence-corrected chi connectivity index (χ2v) is 8.11. The van der Waals surface area contributed by atoms with E-state index >= 15 is 0 Å². The van der Waals surface area contributed by atoms with Crippen LogP contribution in [-0.2, 0) is 24.5 Å². The van der Waals surface area contributed by atoms with Crippen molar-refractivity contribution in [2.45, 2.75) is 20.0 Å². The van der Waals surface area contributed by atoms with Gasteiger partial charge in [-0.2, -0.15) is 0 Å². The van der Waals surface area contributed by atoms with Gasteiger partial charge < -0.3 is 13.8 Å². The number of benzene rings is 1. The fourth-order valence-corrected chi connectivity index (χ4v) is 4.87. The van der Waals surface area contributed by atoms with E-state index in [4.69, 9.17) is 13.8 Å². The molecular formula is C17H21O5PS. The largest absolute Gasteiger partial charge is 0.457 e. The summed E-state index contributed by atoms with van der Waals surface area (Å²) >= 11 is 1.36. The van der Waals surface area contributed by atoms with Crippen molar-refractivity contribution in [3.05, 3.63) is 47.4 Å². The molecule has 1 aromatic carbocycles. The number of ether oxygens (including phenoxy) is 1. The summed E-state index contributed by atoms with van der Waals surface area (Å²) in [4.78, 5) is 12.4. The summed E-state index contributed by atoms with van der Waals surface area (Å²) in [5.74, 6) is -0.369. The second kappa shape index (κ2) is 8.58. The molecule has 0 radical (unpaired) electrons. The van der Waals surface area contributed by atoms with Crippen molar-refractivity contribution >= 4 is 35.0 Å². The Balaban J connectivity index is 2.23. The van der Waals surface area contributed by atoms with Crippen molar-refractivity contribution < 1.29 is 23.1 Å². The first-order valence-corrected chi connectivity index (χ1v) is 10.2. The summed E-state index contributed by atoms with van der Waals surface area (Å²) < 4.78 is 29.3. The van der Waals surface area contributed by atoms with Crippen LogP contribution in [-0.4, -0.2) is 25.8 Å². The van der Waals surface area contributed by atoms with Gasteiger partial charge >= 0.3 is 13.6 Å². The van der Waals surface area contributed by atoms with Crippen LogP contribution >= 0.6 is 18.9 Å². The Hall–Kier alpha value is -1.46. The molecule has 2 rings (SSSR count). The van der Waals surface area contributed by atoms with Gasteiger partial charge in [-0.05, 0) is 43.0 Å². The Morgan fingerprint density at radius 1 is 1.25 bits per heavy atom. The predicted octanol–water partition coefficient (Wildman–Crippen LogP) is 5.01. The van der Waals surface area contributed by atoms with E-state index in [1.165, 1.54) is 17.4 Å². The molecule has 0 bridgehead atoms. The highest BCUT2D eigenvalue weighted by Gasteiger charge is 2.24. The van der Waals surface area contributed by atoms with Crippen LogP contribution < -0.4 is 0 Å². The normalized spacial score (nSPS) is 11.6. The van der Waals surface area contributed by atoms with Crippen LogP contribution in [0.1, 0.15) is 29.1 Å². The van der Waals surface area contributed by atoms with Gasteiger partial charge in [0.1, 0.15) is 11.5 Å². The molecule has 0 aliphatic rings. The molecule has 7 heteroatoms. The second-order valence-electron chi connectivity index (χ2n) is 4.97. The molecule has 1 aromatic heterocycles. The summed E-state index contributed by atoms with van der Waals surface area (Å²) in [7, 11) is -3.15. The van der Waals surface area contributed by atoms with E-state index in [1.807, 2.05) is 18.2 Å². The first kappa shape index (κ1) is 18.9. The fourth-order valence-electron chi connectivity index (χ4n) is 2.24. The molecule has 0 aliphatic heterocycles. The Bertz CT molecular complexity index is 757. The van der Waals surface area contributed by atoms with E-state index in [0.717, 1.165) is 15.6 Å². The molecule has 0 unspecified atom stereocenters. The molecule has 0 amide bonds. The third-order valence-corrected chi connectivity index (χ3v) is 6.29. The molecule has 130 valence electrons. The van der Waals surface area contributed by atoms with Crippen molar-refractivity contribution in [3.8, 4) is 0 Å². The minimum Gasteiger partial charge on any atom is -0.457 e. The first-order valence-electron chi connectivity index (χ1n) is 7.70. The van der Waals surface area contributed by atoms with Crippen LogP contribution in [0.5, 0.6) is 0 Å². The van der Waals surface area contributed by atoms with E-state index < -0.39 is 7.60 Å². The van der Waals surface area contributed by atoms with E-state index in [9.17, 15) is 9.36 Å². The molecular weight excluding hydrogens is 347 g/mol. The van der Waals surface area contributed by atoms with Crippen molar-refractivity contribution in [1.29, 1.82) is 0 Å². The van der Waals surface area contributed by atoms with Gasteiger partial charge in [0, 0.05) is 4.70 Å². The zero-order chi connectivity index (χ0) is 17.6. The lowest BCUT2D eigenvalue weighted by Crippen LogP contribution is -2.02. The number of carbonyl (C=O) groups is 1. The summed E-state index contributed by atoms with van der Waals surface area (Å²) in [6.07, 6.45) is 1.74. The molecule has 1 heterocycles. The predicted molar refractivity (Wildman–Crippen MR) is 96.9 cm³/mol. The van der Waals surface area contributed by atoms with E-state index in [0.29, 0.717) is 18.1 Å². The SMILES string of the molecule is C=CCOC(=O)c1cc2cc(CP(=O)(OCC)OCC)ccc2s1. The van der Waals surface area contributed by atoms with Crippen LogP contribution in [0, 0.1) is 0 Å². The van der Waals surface area contributed by atoms with Gasteiger partial charge in [0.05, 0.1) is 19.4 Å². The van der Waals surface area contributed by atoms with E-state index in [2.05, 4.69) is 6.58 Å². The van der Waals surface area contributed by atoms with Crippen molar-refractivity contribution in [2.75, 3.05) is 19.8 Å². The molecule has 2 aromatic rings. The smallest absolute Gasteiger partial charge is 0.348 e. The summed E-state index contributed by atoms with van der Waals surface area (Å²) in [5, 5.41) is 0.905. The van der Waals surface area contributed by atoms with Gasteiger partial charge in [0.15, 0.2) is 0 Å². The lowest BCUT2D eigenvalue weighted by Gasteiger charge is -2.16. The van der Waals surface area contributed by atoms with Crippen LogP contribution in [0.4, 0.5) is 0 Å². The van der Waals surface area contributed by atoms with Crippen molar-refractivity contribution in [1.82, 2.24) is 0 Å². The number of fused-ring (bicyclic) bond motifs is 1. The minimum absolute atomic E-state index is 0.185. The van der Waals surface area contributed by atoms with Crippen LogP contribution in [0.25, 0.3) is 10.1 Å². The average Bonchev–Trinajstić information content (AvgIpc) is 2.96. The number of carbonyl (C=O) groups excluding carboxylic acids is 1.